The van der Waals surface area contributed by atoms with E-state index in [1.54, 1.807) is 4.57 Å². The number of rotatable bonds is 5. The zero-order valence-corrected chi connectivity index (χ0v) is 21.4. The van der Waals surface area contributed by atoms with E-state index < -0.39 is 0 Å². The summed E-state index contributed by atoms with van der Waals surface area (Å²) < 4.78 is 3.54. The maximum atomic E-state index is 13.6. The fourth-order valence-electron chi connectivity index (χ4n) is 4.68. The molecule has 0 N–H and O–H groups in total. The molecular weight excluding hydrogens is 460 g/mol. The van der Waals surface area contributed by atoms with Gasteiger partial charge in [0.15, 0.2) is 5.16 Å². The second kappa shape index (κ2) is 9.47. The Labute approximate surface area is 208 Å². The summed E-state index contributed by atoms with van der Waals surface area (Å²) in [6.45, 7) is 12.4. The highest BCUT2D eigenvalue weighted by atomic mass is 32.2. The molecule has 2 aromatic heterocycles. The summed E-state index contributed by atoms with van der Waals surface area (Å²) in [7, 11) is 0. The summed E-state index contributed by atoms with van der Waals surface area (Å²) in [5.41, 5.74) is 3.41. The van der Waals surface area contributed by atoms with Crippen molar-refractivity contribution in [3.8, 4) is 5.69 Å². The zero-order chi connectivity index (χ0) is 24.7. The SMILES string of the molecule is CCN1CCN(C(=O)C(C)Sc2nnc3n(-c4cc(C)ccc4C)c(=O)c4ccccc4n23)CC1. The van der Waals surface area contributed by atoms with Crippen LogP contribution in [0.25, 0.3) is 22.4 Å². The Morgan fingerprint density at radius 1 is 1.06 bits per heavy atom. The van der Waals surface area contributed by atoms with Crippen molar-refractivity contribution in [1.82, 2.24) is 29.0 Å². The highest BCUT2D eigenvalue weighted by molar-refractivity contribution is 8.00. The first-order valence-electron chi connectivity index (χ1n) is 12.0. The van der Waals surface area contributed by atoms with E-state index in [0.29, 0.717) is 16.3 Å². The molecule has 0 bridgehead atoms. The summed E-state index contributed by atoms with van der Waals surface area (Å²) in [6, 6.07) is 13.5. The molecule has 1 unspecified atom stereocenters. The number of para-hydroxylation sites is 1. The van der Waals surface area contributed by atoms with E-state index in [1.807, 2.05) is 72.5 Å². The Kier molecular flexibility index (Phi) is 6.37. The van der Waals surface area contributed by atoms with E-state index in [-0.39, 0.29) is 16.7 Å². The number of fused-ring (bicyclic) bond motifs is 3. The van der Waals surface area contributed by atoms with Crippen LogP contribution in [0.5, 0.6) is 0 Å². The fourth-order valence-corrected chi connectivity index (χ4v) is 5.62. The van der Waals surface area contributed by atoms with Gasteiger partial charge in [-0.05, 0) is 56.6 Å². The highest BCUT2D eigenvalue weighted by Crippen LogP contribution is 2.28. The van der Waals surface area contributed by atoms with Crippen LogP contribution in [0.3, 0.4) is 0 Å². The topological polar surface area (TPSA) is 75.7 Å². The van der Waals surface area contributed by atoms with Crippen molar-refractivity contribution in [3.63, 3.8) is 0 Å². The fraction of sp³-hybridized carbons (Fsp3) is 0.385. The molecule has 1 fully saturated rings. The number of hydrogen-bond acceptors (Lipinski definition) is 6. The van der Waals surface area contributed by atoms with Crippen LogP contribution in [0.15, 0.2) is 52.4 Å². The Balaban J connectivity index is 1.58. The number of carbonyl (C=O) groups is 1. The average Bonchev–Trinajstić information content (AvgIpc) is 3.29. The molecule has 8 nitrogen and oxygen atoms in total. The van der Waals surface area contributed by atoms with E-state index in [4.69, 9.17) is 0 Å². The largest absolute Gasteiger partial charge is 0.339 e. The minimum atomic E-state index is -0.324. The quantitative estimate of drug-likeness (QED) is 0.400. The van der Waals surface area contributed by atoms with Gasteiger partial charge in [0, 0.05) is 26.2 Å². The second-order valence-corrected chi connectivity index (χ2v) is 10.4. The van der Waals surface area contributed by atoms with Gasteiger partial charge < -0.3 is 9.80 Å². The Bertz CT molecular complexity index is 1470. The summed E-state index contributed by atoms with van der Waals surface area (Å²) >= 11 is 1.39. The van der Waals surface area contributed by atoms with Gasteiger partial charge >= 0.3 is 0 Å². The van der Waals surface area contributed by atoms with E-state index in [0.717, 1.165) is 55.1 Å². The number of hydrogen-bond donors (Lipinski definition) is 0. The van der Waals surface area contributed by atoms with Crippen molar-refractivity contribution >= 4 is 34.3 Å². The number of benzene rings is 2. The summed E-state index contributed by atoms with van der Waals surface area (Å²) in [5.74, 6) is 0.552. The molecule has 1 amide bonds. The van der Waals surface area contributed by atoms with E-state index >= 15 is 0 Å². The van der Waals surface area contributed by atoms with Gasteiger partial charge in [0.1, 0.15) is 0 Å². The van der Waals surface area contributed by atoms with E-state index in [9.17, 15) is 9.59 Å². The lowest BCUT2D eigenvalue weighted by atomic mass is 10.1. The minimum absolute atomic E-state index is 0.106. The van der Waals surface area contributed by atoms with E-state index in [1.165, 1.54) is 11.8 Å². The molecule has 3 heterocycles. The van der Waals surface area contributed by atoms with Crippen LogP contribution in [0.1, 0.15) is 25.0 Å². The zero-order valence-electron chi connectivity index (χ0n) is 20.6. The second-order valence-electron chi connectivity index (χ2n) is 9.09. The Morgan fingerprint density at radius 2 is 1.80 bits per heavy atom. The molecular formula is C26H30N6O2S. The lowest BCUT2D eigenvalue weighted by Gasteiger charge is -2.35. The first kappa shape index (κ1) is 23.6. The van der Waals surface area contributed by atoms with Crippen molar-refractivity contribution in [2.24, 2.45) is 0 Å². The molecule has 1 saturated heterocycles. The number of piperazine rings is 1. The minimum Gasteiger partial charge on any atom is -0.339 e. The van der Waals surface area contributed by atoms with Crippen molar-refractivity contribution in [3.05, 3.63) is 63.9 Å². The average molecular weight is 491 g/mol. The van der Waals surface area contributed by atoms with Gasteiger partial charge in [0.25, 0.3) is 5.56 Å². The number of amides is 1. The summed E-state index contributed by atoms with van der Waals surface area (Å²) in [6.07, 6.45) is 0. The molecule has 0 radical (unpaired) electrons. The third kappa shape index (κ3) is 4.23. The van der Waals surface area contributed by atoms with Gasteiger partial charge in [0.2, 0.25) is 11.7 Å². The molecule has 0 saturated carbocycles. The first-order chi connectivity index (χ1) is 16.9. The van der Waals surface area contributed by atoms with Gasteiger partial charge in [-0.2, -0.15) is 0 Å². The molecule has 0 aliphatic carbocycles. The molecule has 35 heavy (non-hydrogen) atoms. The van der Waals surface area contributed by atoms with E-state index in [2.05, 4.69) is 22.0 Å². The molecule has 182 valence electrons. The highest BCUT2D eigenvalue weighted by Gasteiger charge is 2.27. The lowest BCUT2D eigenvalue weighted by Crippen LogP contribution is -2.50. The van der Waals surface area contributed by atoms with Crippen LogP contribution in [-0.2, 0) is 4.79 Å². The monoisotopic (exact) mass is 490 g/mol. The Hall–Kier alpha value is -3.17. The van der Waals surface area contributed by atoms with Gasteiger partial charge in [-0.25, -0.2) is 4.57 Å². The number of nitrogens with zero attached hydrogens (tertiary/aromatic N) is 6. The van der Waals surface area contributed by atoms with Crippen LogP contribution in [0.2, 0.25) is 0 Å². The van der Waals surface area contributed by atoms with Crippen LogP contribution in [-0.4, -0.2) is 72.8 Å². The number of thioether (sulfide) groups is 1. The predicted molar refractivity (Wildman–Crippen MR) is 140 cm³/mol. The molecule has 9 heteroatoms. The third-order valence-electron chi connectivity index (χ3n) is 6.76. The van der Waals surface area contributed by atoms with Crippen LogP contribution < -0.4 is 5.56 Å². The van der Waals surface area contributed by atoms with Crippen molar-refractivity contribution in [2.45, 2.75) is 38.1 Å². The molecule has 1 aliphatic heterocycles. The van der Waals surface area contributed by atoms with Crippen LogP contribution >= 0.6 is 11.8 Å². The van der Waals surface area contributed by atoms with Gasteiger partial charge in [-0.3, -0.25) is 14.0 Å². The van der Waals surface area contributed by atoms with Gasteiger partial charge in [-0.1, -0.05) is 43.0 Å². The first-order valence-corrected chi connectivity index (χ1v) is 12.9. The predicted octanol–water partition coefficient (Wildman–Crippen LogP) is 3.29. The molecule has 1 atom stereocenters. The molecule has 5 rings (SSSR count). The summed E-state index contributed by atoms with van der Waals surface area (Å²) in [4.78, 5) is 31.1. The third-order valence-corrected chi connectivity index (χ3v) is 7.79. The van der Waals surface area contributed by atoms with Crippen molar-refractivity contribution in [1.29, 1.82) is 0 Å². The standard InChI is InChI=1S/C26H30N6O2S/c1-5-29-12-14-30(15-13-29)23(33)19(4)35-26-28-27-25-31(22-16-17(2)10-11-18(22)3)24(34)20-8-6-7-9-21(20)32(25)26/h6-11,16,19H,5,12-15H2,1-4H3. The van der Waals surface area contributed by atoms with Crippen LogP contribution in [0.4, 0.5) is 0 Å². The normalized spacial score (nSPS) is 15.7. The maximum Gasteiger partial charge on any atom is 0.267 e. The molecule has 0 spiro atoms. The molecule has 2 aromatic carbocycles. The lowest BCUT2D eigenvalue weighted by molar-refractivity contribution is -0.132. The smallest absolute Gasteiger partial charge is 0.267 e. The number of aromatic nitrogens is 4. The number of aryl methyl sites for hydroxylation is 2. The van der Waals surface area contributed by atoms with Crippen LogP contribution in [0, 0.1) is 13.8 Å². The molecule has 4 aromatic rings. The molecule has 1 aliphatic rings. The van der Waals surface area contributed by atoms with Gasteiger partial charge in [0.05, 0.1) is 21.8 Å². The number of carbonyl (C=O) groups excluding carboxylic acids is 1. The maximum absolute atomic E-state index is 13.6. The Morgan fingerprint density at radius 3 is 2.54 bits per heavy atom. The van der Waals surface area contributed by atoms with Crippen molar-refractivity contribution in [2.75, 3.05) is 32.7 Å². The van der Waals surface area contributed by atoms with Crippen molar-refractivity contribution < 1.29 is 4.79 Å². The number of likely N-dealkylation sites (N-methyl/N-ethyl adjacent to an activating group) is 1. The summed E-state index contributed by atoms with van der Waals surface area (Å²) in [5, 5.41) is 9.76. The van der Waals surface area contributed by atoms with Gasteiger partial charge in [-0.15, -0.1) is 10.2 Å².